The van der Waals surface area contributed by atoms with Crippen LogP contribution in [0.2, 0.25) is 0 Å². The van der Waals surface area contributed by atoms with E-state index >= 15 is 0 Å². The van der Waals surface area contributed by atoms with Gasteiger partial charge in [0.25, 0.3) is 0 Å². The molecule has 0 fully saturated rings. The fourth-order valence-electron chi connectivity index (χ4n) is 8.98. The molecule has 1 aliphatic heterocycles. The molecule has 3 heterocycles. The number of para-hydroxylation sites is 4. The maximum absolute atomic E-state index is 14.9. The fourth-order valence-corrected chi connectivity index (χ4v) is 8.98. The number of hydrogen-bond acceptors (Lipinski definition) is 4. The monoisotopic (exact) mass is 1080 g/mol. The van der Waals surface area contributed by atoms with E-state index in [0.29, 0.717) is 39.7 Å². The molecule has 0 saturated carbocycles. The molecule has 0 bridgehead atoms. The van der Waals surface area contributed by atoms with Crippen LogP contribution in [0.1, 0.15) is 26.3 Å². The number of halogens is 4. The van der Waals surface area contributed by atoms with E-state index in [9.17, 15) is 17.6 Å². The van der Waals surface area contributed by atoms with Crippen molar-refractivity contribution < 1.29 is 43.4 Å². The van der Waals surface area contributed by atoms with Crippen molar-refractivity contribution in [2.24, 2.45) is 0 Å². The van der Waals surface area contributed by atoms with Gasteiger partial charge in [-0.1, -0.05) is 105 Å². The number of fused-ring (bicyclic) bond motifs is 4. The van der Waals surface area contributed by atoms with Crippen LogP contribution in [-0.4, -0.2) is 9.55 Å². The van der Waals surface area contributed by atoms with Gasteiger partial charge in [-0.15, -0.1) is 53.6 Å². The Labute approximate surface area is 405 Å². The molecule has 68 heavy (non-hydrogen) atoms. The van der Waals surface area contributed by atoms with Crippen LogP contribution >= 0.6 is 0 Å². The smallest absolute Gasteiger partial charge is 0.135 e. The van der Waals surface area contributed by atoms with E-state index in [-0.39, 0.29) is 37.6 Å². The van der Waals surface area contributed by atoms with E-state index < -0.39 is 23.3 Å². The van der Waals surface area contributed by atoms with Crippen molar-refractivity contribution in [3.63, 3.8) is 0 Å². The Bertz CT molecular complexity index is 3440. The molecule has 0 saturated heterocycles. The summed E-state index contributed by atoms with van der Waals surface area (Å²) >= 11 is 0. The van der Waals surface area contributed by atoms with Gasteiger partial charge in [-0.05, 0) is 87.7 Å². The van der Waals surface area contributed by atoms with E-state index in [1.807, 2.05) is 120 Å². The number of hydrogen-bond donors (Lipinski definition) is 0. The summed E-state index contributed by atoms with van der Waals surface area (Å²) in [5.74, 6) is -1.40. The van der Waals surface area contributed by atoms with Crippen LogP contribution in [0.15, 0.2) is 176 Å². The molecule has 0 spiro atoms. The van der Waals surface area contributed by atoms with E-state index in [1.165, 1.54) is 24.3 Å². The van der Waals surface area contributed by atoms with Crippen LogP contribution in [0.25, 0.3) is 61.0 Å². The zero-order valence-corrected chi connectivity index (χ0v) is 39.1. The third-order valence-electron chi connectivity index (χ3n) is 12.1. The number of nitrogens with zero attached hydrogens (tertiary/aromatic N) is 4. The minimum absolute atomic E-state index is 0. The molecular formula is C58H39F4N4OPt-3. The summed E-state index contributed by atoms with van der Waals surface area (Å²) in [5, 5.41) is 2.06. The van der Waals surface area contributed by atoms with Crippen LogP contribution in [0, 0.1) is 42.1 Å². The molecule has 2 aromatic heterocycles. The SMILES string of the molecule is CC(C)(C)c1ccnc(-n2c3[c-]c(Oc4[c-]c(N5[CH-]N(c6c(-c7cc(F)cc(F)c7)cccc6-c6cc(F)cc(F)c6)c6ccccc65)cc(-c5ccccc5)c4)ccc3c3ccccc32)c1.[Pt]. The average molecular weight is 1080 g/mol. The van der Waals surface area contributed by atoms with Gasteiger partial charge in [-0.2, -0.15) is 6.07 Å². The molecule has 10 aromatic rings. The Balaban J connectivity index is 0.00000539. The zero-order chi connectivity index (χ0) is 46.0. The van der Waals surface area contributed by atoms with E-state index in [1.54, 1.807) is 18.2 Å². The van der Waals surface area contributed by atoms with E-state index in [4.69, 9.17) is 9.72 Å². The number of anilines is 4. The molecule has 0 amide bonds. The van der Waals surface area contributed by atoms with Crippen LogP contribution in [0.5, 0.6) is 11.5 Å². The molecule has 0 radical (unpaired) electrons. The molecule has 0 N–H and O–H groups in total. The molecule has 11 rings (SSSR count). The topological polar surface area (TPSA) is 33.5 Å². The molecule has 0 aliphatic carbocycles. The maximum Gasteiger partial charge on any atom is 0.135 e. The first kappa shape index (κ1) is 44.4. The van der Waals surface area contributed by atoms with Gasteiger partial charge in [-0.25, -0.2) is 22.5 Å². The van der Waals surface area contributed by atoms with Crippen molar-refractivity contribution in [3.05, 3.63) is 224 Å². The number of benzene rings is 8. The normalized spacial score (nSPS) is 12.4. The molecule has 338 valence electrons. The molecule has 10 heteroatoms. The zero-order valence-electron chi connectivity index (χ0n) is 36.8. The standard InChI is InChI=1S/C58H39F4N4O.Pt/c1-58(2,3)40-22-23-63-56(30-40)66-52-17-8-7-14-50(52)51-21-20-46(34-55(51)66)67-47-29-37(36-12-5-4-6-13-36)28-45(33-47)64-35-65(54-19-10-9-18-53(54)64)57-48(38-24-41(59)31-42(60)25-38)15-11-16-49(57)39-26-43(61)32-44(62)27-39;/h4-32,35H,1-3H3;/q-3;. The summed E-state index contributed by atoms with van der Waals surface area (Å²) in [4.78, 5) is 8.66. The van der Waals surface area contributed by atoms with Gasteiger partial charge >= 0.3 is 0 Å². The number of aromatic nitrogens is 2. The average Bonchev–Trinajstić information content (AvgIpc) is 3.87. The van der Waals surface area contributed by atoms with Crippen LogP contribution in [-0.2, 0) is 26.5 Å². The Morgan fingerprint density at radius 2 is 1.15 bits per heavy atom. The number of rotatable bonds is 8. The summed E-state index contributed by atoms with van der Waals surface area (Å²) < 4.78 is 68.6. The second-order valence-electron chi connectivity index (χ2n) is 17.5. The van der Waals surface area contributed by atoms with Crippen molar-refractivity contribution in [1.82, 2.24) is 9.55 Å². The third kappa shape index (κ3) is 8.21. The Morgan fingerprint density at radius 3 is 1.81 bits per heavy atom. The Kier molecular flexibility index (Phi) is 11.5. The second-order valence-corrected chi connectivity index (χ2v) is 17.5. The maximum atomic E-state index is 14.9. The van der Waals surface area contributed by atoms with Crippen molar-refractivity contribution in [3.8, 4) is 50.7 Å². The summed E-state index contributed by atoms with van der Waals surface area (Å²) in [6.45, 7) is 8.39. The van der Waals surface area contributed by atoms with Gasteiger partial charge in [0.15, 0.2) is 0 Å². The van der Waals surface area contributed by atoms with Crippen molar-refractivity contribution in [2.45, 2.75) is 26.2 Å². The predicted molar refractivity (Wildman–Crippen MR) is 259 cm³/mol. The first-order valence-corrected chi connectivity index (χ1v) is 21.8. The third-order valence-corrected chi connectivity index (χ3v) is 12.1. The van der Waals surface area contributed by atoms with Gasteiger partial charge in [-0.3, -0.25) is 0 Å². The van der Waals surface area contributed by atoms with E-state index in [0.717, 1.165) is 62.1 Å². The largest absolute Gasteiger partial charge is 0.509 e. The number of pyridine rings is 1. The number of ether oxygens (including phenoxy) is 1. The minimum atomic E-state index is -0.764. The Morgan fingerprint density at radius 1 is 0.529 bits per heavy atom. The van der Waals surface area contributed by atoms with Gasteiger partial charge in [0, 0.05) is 84.6 Å². The fraction of sp³-hybridized carbons (Fsp3) is 0.0690. The summed E-state index contributed by atoms with van der Waals surface area (Å²) in [6, 6.07) is 56.8. The van der Waals surface area contributed by atoms with Crippen molar-refractivity contribution in [1.29, 1.82) is 0 Å². The predicted octanol–water partition coefficient (Wildman–Crippen LogP) is 15.8. The molecule has 1 aliphatic rings. The first-order chi connectivity index (χ1) is 32.4. The molecule has 0 unspecified atom stereocenters. The molecule has 8 aromatic carbocycles. The van der Waals surface area contributed by atoms with Crippen LogP contribution in [0.3, 0.4) is 0 Å². The molecular weight excluding hydrogens is 1040 g/mol. The Hall–Kier alpha value is -7.48. The first-order valence-electron chi connectivity index (χ1n) is 21.8. The van der Waals surface area contributed by atoms with Gasteiger partial charge < -0.3 is 19.1 Å². The summed E-state index contributed by atoms with van der Waals surface area (Å²) in [7, 11) is 0. The van der Waals surface area contributed by atoms with Crippen molar-refractivity contribution in [2.75, 3.05) is 9.80 Å². The summed E-state index contributed by atoms with van der Waals surface area (Å²) in [5.41, 5.74) is 8.49. The van der Waals surface area contributed by atoms with Gasteiger partial charge in [0.05, 0.1) is 0 Å². The summed E-state index contributed by atoms with van der Waals surface area (Å²) in [6.07, 6.45) is 1.85. The van der Waals surface area contributed by atoms with Crippen molar-refractivity contribution >= 4 is 44.6 Å². The second kappa shape index (κ2) is 17.6. The van der Waals surface area contributed by atoms with Crippen LogP contribution < -0.4 is 14.5 Å². The quantitative estimate of drug-likeness (QED) is 0.112. The van der Waals surface area contributed by atoms with Gasteiger partial charge in [0.2, 0.25) is 0 Å². The minimum Gasteiger partial charge on any atom is -0.509 e. The van der Waals surface area contributed by atoms with Crippen LogP contribution in [0.4, 0.5) is 40.3 Å². The molecule has 5 nitrogen and oxygen atoms in total. The van der Waals surface area contributed by atoms with Gasteiger partial charge in [0.1, 0.15) is 29.1 Å². The molecule has 0 atom stereocenters. The van der Waals surface area contributed by atoms with E-state index in [2.05, 4.69) is 55.7 Å².